The molecule has 0 unspecified atom stereocenters. The number of rotatable bonds is 35. The van der Waals surface area contributed by atoms with Gasteiger partial charge in [0.25, 0.3) is 0 Å². The first kappa shape index (κ1) is 68.0. The molecule has 7 rings (SSSR count). The van der Waals surface area contributed by atoms with Crippen LogP contribution in [-0.2, 0) is 9.53 Å². The van der Waals surface area contributed by atoms with Gasteiger partial charge in [0.15, 0.2) is 0 Å². The molecule has 0 N–H and O–H groups in total. The van der Waals surface area contributed by atoms with Crippen molar-refractivity contribution in [3.8, 4) is 97.3 Å². The van der Waals surface area contributed by atoms with Crippen molar-refractivity contribution in [1.82, 2.24) is 15.2 Å². The van der Waals surface area contributed by atoms with Gasteiger partial charge in [-0.25, -0.2) is 0 Å². The predicted molar refractivity (Wildman–Crippen MR) is 362 cm³/mol. The molecule has 0 saturated carbocycles. The number of esters is 1. The molecule has 0 aliphatic heterocycles. The largest absolute Gasteiger partial charge is 0.494 e. The Morgan fingerprint density at radius 2 is 0.697 bits per heavy atom. The molecule has 0 fully saturated rings. The zero-order chi connectivity index (χ0) is 62.4. The normalized spacial score (nSPS) is 10.5. The van der Waals surface area contributed by atoms with Crippen molar-refractivity contribution in [2.24, 2.45) is 0 Å². The highest BCUT2D eigenvalue weighted by Gasteiger charge is 2.15. The highest BCUT2D eigenvalue weighted by Crippen LogP contribution is 2.33. The Kier molecular flexibility index (Phi) is 30.7. The van der Waals surface area contributed by atoms with Crippen LogP contribution in [0.3, 0.4) is 0 Å². The second-order valence-electron chi connectivity index (χ2n) is 22.0. The molecule has 11 heteroatoms. The summed E-state index contributed by atoms with van der Waals surface area (Å²) in [4.78, 5) is 15.8. The van der Waals surface area contributed by atoms with E-state index in [1.165, 1.54) is 12.8 Å². The van der Waals surface area contributed by atoms with E-state index in [1.54, 1.807) is 23.7 Å². The maximum atomic E-state index is 11.6. The smallest absolute Gasteiger partial charge is 0.305 e. The van der Waals surface area contributed by atoms with E-state index >= 15 is 0 Å². The van der Waals surface area contributed by atoms with Gasteiger partial charge in [-0.15, -0.1) is 10.2 Å². The molecule has 0 spiro atoms. The van der Waals surface area contributed by atoms with Crippen molar-refractivity contribution >= 4 is 17.3 Å². The second-order valence-corrected chi connectivity index (χ2v) is 22.9. The van der Waals surface area contributed by atoms with Crippen LogP contribution in [0.2, 0.25) is 0 Å². The first-order chi connectivity index (χ1) is 43.9. The lowest BCUT2D eigenvalue weighted by Gasteiger charge is -2.14. The molecule has 2 heterocycles. The van der Waals surface area contributed by atoms with Crippen LogP contribution >= 0.6 is 11.3 Å². The fourth-order valence-corrected chi connectivity index (χ4v) is 10.3. The molecule has 89 heavy (non-hydrogen) atoms. The highest BCUT2D eigenvalue weighted by atomic mass is 32.1. The Morgan fingerprint density at radius 3 is 1.06 bits per heavy atom. The summed E-state index contributed by atoms with van der Waals surface area (Å²) in [5.41, 5.74) is 8.43. The lowest BCUT2D eigenvalue weighted by molar-refractivity contribution is -0.143. The van der Waals surface area contributed by atoms with E-state index in [0.29, 0.717) is 69.1 Å². The van der Waals surface area contributed by atoms with Gasteiger partial charge in [0.05, 0.1) is 61.9 Å². The molecule has 0 aliphatic carbocycles. The summed E-state index contributed by atoms with van der Waals surface area (Å²) in [7, 11) is 0. The summed E-state index contributed by atoms with van der Waals surface area (Å²) in [6.45, 7) is 14.1. The molecule has 0 saturated heterocycles. The van der Waals surface area contributed by atoms with Crippen LogP contribution in [0.5, 0.6) is 28.7 Å². The van der Waals surface area contributed by atoms with Gasteiger partial charge in [0.2, 0.25) is 0 Å². The van der Waals surface area contributed by atoms with E-state index < -0.39 is 0 Å². The van der Waals surface area contributed by atoms with Crippen molar-refractivity contribution in [2.45, 2.75) is 169 Å². The zero-order valence-corrected chi connectivity index (χ0v) is 54.1. The summed E-state index contributed by atoms with van der Waals surface area (Å²) in [5, 5.41) is 10.8. The van der Waals surface area contributed by atoms with Crippen LogP contribution in [-0.4, -0.2) is 60.8 Å². The molecule has 5 aromatic carbocycles. The lowest BCUT2D eigenvalue weighted by atomic mass is 10.1. The lowest BCUT2D eigenvalue weighted by Crippen LogP contribution is -2.03. The number of ether oxygens (including phenoxy) is 6. The van der Waals surface area contributed by atoms with Gasteiger partial charge in [-0.05, 0) is 106 Å². The number of hydrogen-bond donors (Lipinski definition) is 0. The van der Waals surface area contributed by atoms with Gasteiger partial charge in [-0.1, -0.05) is 201 Å². The maximum Gasteiger partial charge on any atom is 0.305 e. The molecule has 10 nitrogen and oxygen atoms in total. The summed E-state index contributed by atoms with van der Waals surface area (Å²) in [6.07, 6.45) is 25.2. The van der Waals surface area contributed by atoms with Crippen LogP contribution in [0.25, 0.3) is 21.1 Å². The number of carbonyl (C=O) groups excluding carboxylic acids is 1. The summed E-state index contributed by atoms with van der Waals surface area (Å²) < 4.78 is 36.9. The van der Waals surface area contributed by atoms with Gasteiger partial charge in [-0.3, -0.25) is 9.78 Å². The molecular formula is C78H89N3O7S. The minimum absolute atomic E-state index is 0.123. The van der Waals surface area contributed by atoms with Crippen LogP contribution < -0.4 is 23.7 Å². The number of nitrogens with zero attached hydrogens (tertiary/aromatic N) is 3. The third-order valence-corrected chi connectivity index (χ3v) is 15.6. The van der Waals surface area contributed by atoms with Crippen LogP contribution in [0, 0.1) is 47.4 Å². The molecule has 0 bridgehead atoms. The van der Waals surface area contributed by atoms with E-state index in [1.807, 2.05) is 116 Å². The minimum Gasteiger partial charge on any atom is -0.494 e. The van der Waals surface area contributed by atoms with Crippen LogP contribution in [0.15, 0.2) is 122 Å². The van der Waals surface area contributed by atoms with E-state index in [0.717, 1.165) is 187 Å². The number of unbranched alkanes of at least 4 members (excludes halogenated alkanes) is 15. The van der Waals surface area contributed by atoms with E-state index in [9.17, 15) is 4.79 Å². The topological polar surface area (TPSA) is 111 Å². The van der Waals surface area contributed by atoms with E-state index in [-0.39, 0.29) is 5.97 Å². The van der Waals surface area contributed by atoms with Gasteiger partial charge in [0, 0.05) is 76.5 Å². The van der Waals surface area contributed by atoms with Crippen LogP contribution in [0.4, 0.5) is 0 Å². The monoisotopic (exact) mass is 1210 g/mol. The van der Waals surface area contributed by atoms with Crippen molar-refractivity contribution in [3.63, 3.8) is 0 Å². The number of benzene rings is 5. The van der Waals surface area contributed by atoms with Crippen molar-refractivity contribution in [2.75, 3.05) is 39.6 Å². The number of pyridine rings is 1. The molecule has 464 valence electrons. The third kappa shape index (κ3) is 24.5. The van der Waals surface area contributed by atoms with Crippen molar-refractivity contribution in [3.05, 3.63) is 166 Å². The second kappa shape index (κ2) is 40.1. The van der Waals surface area contributed by atoms with Crippen molar-refractivity contribution in [1.29, 1.82) is 0 Å². The zero-order valence-electron chi connectivity index (χ0n) is 53.2. The van der Waals surface area contributed by atoms with Crippen LogP contribution in [0.1, 0.15) is 214 Å². The molecule has 2 aromatic heterocycles. The number of hydrogen-bond acceptors (Lipinski definition) is 11. The van der Waals surface area contributed by atoms with Gasteiger partial charge >= 0.3 is 5.97 Å². The maximum absolute atomic E-state index is 11.6. The Morgan fingerprint density at radius 1 is 0.371 bits per heavy atom. The number of carbonyl (C=O) groups is 1. The first-order valence-corrected chi connectivity index (χ1v) is 33.5. The number of aromatic nitrogens is 3. The van der Waals surface area contributed by atoms with Gasteiger partial charge < -0.3 is 28.4 Å². The quantitative estimate of drug-likeness (QED) is 0.0216. The molecule has 0 radical (unpaired) electrons. The minimum atomic E-state index is -0.123. The fraction of sp³-hybridized carbons (Fsp3) is 0.410. The highest BCUT2D eigenvalue weighted by molar-refractivity contribution is 7.17. The molecular weight excluding hydrogens is 1120 g/mol. The molecule has 0 aliphatic rings. The standard InChI is InChI=1S/C78H89N3O7S/c1-6-11-15-22-53-85-72-59-69(44-34-63-36-46-71(47-37-63)84-52-26-20-19-21-27-76(82)83-10-5)73(86-54-23-16-12-7-2)57-67(72)42-32-61-28-38-65(39-29-61)77-80-81-78(89-77)66-40-30-62(31-41-66)33-43-68-58-75(88-56-25-18-14-9-4)70(45-35-64-48-50-79-51-49-64)60-74(68)87-55-24-17-13-8-3/h28-31,36-41,46-51,57-60H,6-27,52-56H2,1-5H3. The molecule has 0 amide bonds. The van der Waals surface area contributed by atoms with Crippen molar-refractivity contribution < 1.29 is 33.2 Å². The SMILES string of the molecule is CCCCCCOc1cc(C#Cc2ccc(-c3nnc(-c4ccc(C#Cc5cc(OCCCCCC)c(C#Cc6ccc(OCCCCCCC(=O)OCC)cc6)cc5OCCCCCC)cc4)s3)cc2)c(OCCCCCC)cc1C#Cc1ccncc1. The molecule has 0 atom stereocenters. The average molecular weight is 1210 g/mol. The Hall–Kier alpha value is -8.48. The fourth-order valence-electron chi connectivity index (χ4n) is 9.46. The average Bonchev–Trinajstić information content (AvgIpc) is 4.30. The summed E-state index contributed by atoms with van der Waals surface area (Å²) in [5.74, 6) is 30.6. The third-order valence-electron chi connectivity index (χ3n) is 14.6. The Balaban J connectivity index is 1.05. The Bertz CT molecular complexity index is 3490. The molecule has 7 aromatic rings. The summed E-state index contributed by atoms with van der Waals surface area (Å²) in [6, 6.07) is 35.9. The van der Waals surface area contributed by atoms with Gasteiger partial charge in [-0.2, -0.15) is 0 Å². The predicted octanol–water partition coefficient (Wildman–Crippen LogP) is 18.6. The Labute approximate surface area is 535 Å². The van der Waals surface area contributed by atoms with Gasteiger partial charge in [0.1, 0.15) is 38.8 Å². The first-order valence-electron chi connectivity index (χ1n) is 32.6. The van der Waals surface area contributed by atoms with E-state index in [4.69, 9.17) is 28.4 Å². The van der Waals surface area contributed by atoms with E-state index in [2.05, 4.69) is 90.2 Å². The summed E-state index contributed by atoms with van der Waals surface area (Å²) >= 11 is 1.54.